The number of nitrogens with zero attached hydrogens (tertiary/aromatic N) is 2. The molecule has 0 aliphatic heterocycles. The molecule has 8 heteroatoms. The second-order valence-electron chi connectivity index (χ2n) is 5.81. The number of nitrogens with one attached hydrogen (secondary N) is 1. The van der Waals surface area contributed by atoms with Crippen molar-refractivity contribution in [3.05, 3.63) is 80.2 Å². The Morgan fingerprint density at radius 2 is 1.93 bits per heavy atom. The van der Waals surface area contributed by atoms with E-state index < -0.39 is 0 Å². The number of benzene rings is 2. The minimum atomic E-state index is -0.273. The molecule has 0 saturated heterocycles. The first kappa shape index (κ1) is 18.3. The van der Waals surface area contributed by atoms with E-state index in [1.165, 1.54) is 11.3 Å². The van der Waals surface area contributed by atoms with Gasteiger partial charge >= 0.3 is 0 Å². The predicted molar refractivity (Wildman–Crippen MR) is 113 cm³/mol. The fraction of sp³-hybridized carbons (Fsp3) is 0.0526. The zero-order valence-corrected chi connectivity index (χ0v) is 16.8. The normalized spacial score (nSPS) is 11.1. The molecule has 0 spiro atoms. The van der Waals surface area contributed by atoms with Crippen molar-refractivity contribution >= 4 is 68.0 Å². The summed E-state index contributed by atoms with van der Waals surface area (Å²) in [6.07, 6.45) is 1.62. The van der Waals surface area contributed by atoms with Gasteiger partial charge in [-0.1, -0.05) is 59.1 Å². The van der Waals surface area contributed by atoms with Crippen molar-refractivity contribution in [1.82, 2.24) is 9.78 Å². The van der Waals surface area contributed by atoms with Crippen molar-refractivity contribution in [1.29, 1.82) is 0 Å². The van der Waals surface area contributed by atoms with E-state index in [0.29, 0.717) is 32.3 Å². The summed E-state index contributed by atoms with van der Waals surface area (Å²) >= 11 is 19.9. The SMILES string of the molecule is O=C(Nc1ccnn1Cc1ccc(Cl)cc1Cl)c1sc2ccccc2c1Cl. The second-order valence-corrected chi connectivity index (χ2v) is 8.08. The Bertz CT molecular complexity index is 1150. The van der Waals surface area contributed by atoms with Gasteiger partial charge in [0.25, 0.3) is 5.91 Å². The topological polar surface area (TPSA) is 46.9 Å². The number of carbonyl (C=O) groups excluding carboxylic acids is 1. The summed E-state index contributed by atoms with van der Waals surface area (Å²) in [6.45, 7) is 0.402. The van der Waals surface area contributed by atoms with E-state index in [4.69, 9.17) is 34.8 Å². The first-order chi connectivity index (χ1) is 13.0. The lowest BCUT2D eigenvalue weighted by atomic mass is 10.2. The van der Waals surface area contributed by atoms with Crippen molar-refractivity contribution < 1.29 is 4.79 Å². The van der Waals surface area contributed by atoms with Crippen molar-refractivity contribution in [2.45, 2.75) is 6.54 Å². The van der Waals surface area contributed by atoms with Crippen molar-refractivity contribution in [2.24, 2.45) is 0 Å². The van der Waals surface area contributed by atoms with Crippen molar-refractivity contribution in [3.63, 3.8) is 0 Å². The molecule has 0 aliphatic carbocycles. The number of thiophene rings is 1. The quantitative estimate of drug-likeness (QED) is 0.404. The lowest BCUT2D eigenvalue weighted by molar-refractivity contribution is 0.102. The Kier molecular flexibility index (Phi) is 5.10. The highest BCUT2D eigenvalue weighted by Crippen LogP contribution is 2.35. The Balaban J connectivity index is 1.59. The summed E-state index contributed by atoms with van der Waals surface area (Å²) in [5.41, 5.74) is 0.847. The third-order valence-corrected chi connectivity index (χ3v) is 6.30. The monoisotopic (exact) mass is 435 g/mol. The Morgan fingerprint density at radius 3 is 2.70 bits per heavy atom. The van der Waals surface area contributed by atoms with Gasteiger partial charge in [0.1, 0.15) is 10.7 Å². The highest BCUT2D eigenvalue weighted by molar-refractivity contribution is 7.21. The Hall–Kier alpha value is -2.05. The number of hydrogen-bond donors (Lipinski definition) is 1. The molecule has 0 saturated carbocycles. The van der Waals surface area contributed by atoms with Gasteiger partial charge in [-0.25, -0.2) is 4.68 Å². The van der Waals surface area contributed by atoms with Gasteiger partial charge in [-0.15, -0.1) is 11.3 Å². The molecule has 2 aromatic heterocycles. The van der Waals surface area contributed by atoms with Gasteiger partial charge in [0.05, 0.1) is 17.8 Å². The van der Waals surface area contributed by atoms with Crippen LogP contribution in [0.15, 0.2) is 54.7 Å². The van der Waals surface area contributed by atoms with Crippen LogP contribution in [0.2, 0.25) is 15.1 Å². The average molecular weight is 437 g/mol. The van der Waals surface area contributed by atoms with Crippen LogP contribution in [-0.4, -0.2) is 15.7 Å². The Morgan fingerprint density at radius 1 is 1.11 bits per heavy atom. The van der Waals surface area contributed by atoms with Gasteiger partial charge < -0.3 is 5.32 Å². The summed E-state index contributed by atoms with van der Waals surface area (Å²) in [5.74, 6) is 0.282. The van der Waals surface area contributed by atoms with E-state index in [-0.39, 0.29) is 5.91 Å². The number of fused-ring (bicyclic) bond motifs is 1. The van der Waals surface area contributed by atoms with E-state index >= 15 is 0 Å². The number of anilines is 1. The van der Waals surface area contributed by atoms with Crippen LogP contribution in [0.3, 0.4) is 0 Å². The predicted octanol–water partition coefficient (Wildman–Crippen LogP) is 6.36. The molecule has 4 rings (SSSR count). The highest BCUT2D eigenvalue weighted by Gasteiger charge is 2.18. The van der Waals surface area contributed by atoms with Gasteiger partial charge in [0.15, 0.2) is 0 Å². The molecule has 2 heterocycles. The molecule has 4 aromatic rings. The maximum atomic E-state index is 12.7. The number of rotatable bonds is 4. The number of amides is 1. The highest BCUT2D eigenvalue weighted by atomic mass is 35.5. The molecule has 0 atom stereocenters. The zero-order chi connectivity index (χ0) is 19.0. The lowest BCUT2D eigenvalue weighted by Gasteiger charge is -2.10. The van der Waals surface area contributed by atoms with Crippen molar-refractivity contribution in [2.75, 3.05) is 5.32 Å². The summed E-state index contributed by atoms with van der Waals surface area (Å²) in [7, 11) is 0. The van der Waals surface area contributed by atoms with Gasteiger partial charge in [-0.3, -0.25) is 4.79 Å². The lowest BCUT2D eigenvalue weighted by Crippen LogP contribution is -2.15. The molecule has 0 radical (unpaired) electrons. The summed E-state index contributed by atoms with van der Waals surface area (Å²) < 4.78 is 2.63. The van der Waals surface area contributed by atoms with Gasteiger partial charge in [-0.05, 0) is 23.8 Å². The van der Waals surface area contributed by atoms with Crippen LogP contribution < -0.4 is 5.32 Å². The maximum Gasteiger partial charge on any atom is 0.268 e. The van der Waals surface area contributed by atoms with Crippen LogP contribution in [0, 0.1) is 0 Å². The van der Waals surface area contributed by atoms with Crippen LogP contribution in [0.25, 0.3) is 10.1 Å². The van der Waals surface area contributed by atoms with E-state index in [0.717, 1.165) is 15.6 Å². The molecule has 1 N–H and O–H groups in total. The molecule has 4 nitrogen and oxygen atoms in total. The van der Waals surface area contributed by atoms with Crippen LogP contribution >= 0.6 is 46.1 Å². The fourth-order valence-electron chi connectivity index (χ4n) is 2.71. The van der Waals surface area contributed by atoms with Crippen LogP contribution in [0.1, 0.15) is 15.2 Å². The number of halogens is 3. The number of carbonyl (C=O) groups is 1. The minimum Gasteiger partial charge on any atom is -0.306 e. The Labute approximate surface area is 174 Å². The summed E-state index contributed by atoms with van der Waals surface area (Å²) in [6, 6.07) is 14.7. The summed E-state index contributed by atoms with van der Waals surface area (Å²) in [4.78, 5) is 13.2. The van der Waals surface area contributed by atoms with E-state index in [9.17, 15) is 4.79 Å². The molecule has 0 aliphatic rings. The van der Waals surface area contributed by atoms with Crippen LogP contribution in [-0.2, 0) is 6.54 Å². The van der Waals surface area contributed by atoms with Gasteiger partial charge in [-0.2, -0.15) is 5.10 Å². The van der Waals surface area contributed by atoms with Gasteiger partial charge in [0.2, 0.25) is 0 Å². The third kappa shape index (κ3) is 3.69. The molecule has 2 aromatic carbocycles. The van der Waals surface area contributed by atoms with Crippen LogP contribution in [0.4, 0.5) is 5.82 Å². The first-order valence-electron chi connectivity index (χ1n) is 7.97. The molecular formula is C19H12Cl3N3OS. The summed E-state index contributed by atoms with van der Waals surface area (Å²) in [5, 5.41) is 9.59. The molecule has 0 bridgehead atoms. The van der Waals surface area contributed by atoms with Gasteiger partial charge in [0, 0.05) is 26.2 Å². The van der Waals surface area contributed by atoms with E-state index in [1.807, 2.05) is 30.3 Å². The molecule has 27 heavy (non-hydrogen) atoms. The standard InChI is InChI=1S/C19H12Cl3N3OS/c20-12-6-5-11(14(21)9-12)10-25-16(7-8-23-25)24-19(26)18-17(22)13-3-1-2-4-15(13)27-18/h1-9H,10H2,(H,24,26). The molecule has 0 fully saturated rings. The average Bonchev–Trinajstić information content (AvgIpc) is 3.22. The van der Waals surface area contributed by atoms with Crippen molar-refractivity contribution in [3.8, 4) is 0 Å². The van der Waals surface area contributed by atoms with E-state index in [1.54, 1.807) is 29.1 Å². The minimum absolute atomic E-state index is 0.273. The number of aromatic nitrogens is 2. The fourth-order valence-corrected chi connectivity index (χ4v) is 4.59. The zero-order valence-electron chi connectivity index (χ0n) is 13.7. The molecular weight excluding hydrogens is 425 g/mol. The van der Waals surface area contributed by atoms with Crippen LogP contribution in [0.5, 0.6) is 0 Å². The second kappa shape index (κ2) is 7.52. The number of hydrogen-bond acceptors (Lipinski definition) is 3. The smallest absolute Gasteiger partial charge is 0.268 e. The molecule has 0 unspecified atom stereocenters. The molecule has 136 valence electrons. The molecule has 1 amide bonds. The maximum absolute atomic E-state index is 12.7. The largest absolute Gasteiger partial charge is 0.306 e. The van der Waals surface area contributed by atoms with E-state index in [2.05, 4.69) is 10.4 Å². The first-order valence-corrected chi connectivity index (χ1v) is 9.92. The third-order valence-electron chi connectivity index (χ3n) is 4.03.